The molecule has 0 fully saturated rings. The summed E-state index contributed by atoms with van der Waals surface area (Å²) in [5.74, 6) is 0.0600. The highest BCUT2D eigenvalue weighted by atomic mass is 16.5. The second-order valence-corrected chi connectivity index (χ2v) is 4.79. The smallest absolute Gasteiger partial charge is 0.345 e. The summed E-state index contributed by atoms with van der Waals surface area (Å²) in [5, 5.41) is 2.95. The molecule has 0 amide bonds. The van der Waals surface area contributed by atoms with Gasteiger partial charge in [0, 0.05) is 12.3 Å². The van der Waals surface area contributed by atoms with Crippen LogP contribution in [-0.2, 0) is 4.74 Å². The lowest BCUT2D eigenvalue weighted by molar-refractivity contribution is 0.0523. The van der Waals surface area contributed by atoms with Crippen molar-refractivity contribution >= 4 is 11.6 Å². The average molecular weight is 313 g/mol. The predicted octanol–water partition coefficient (Wildman–Crippen LogP) is 1.87. The highest BCUT2D eigenvalue weighted by Gasteiger charge is 2.16. The van der Waals surface area contributed by atoms with E-state index in [-0.39, 0.29) is 12.2 Å². The molecule has 1 N–H and O–H groups in total. The molecule has 0 saturated carbocycles. The van der Waals surface area contributed by atoms with Crippen molar-refractivity contribution in [2.45, 2.75) is 6.92 Å². The van der Waals surface area contributed by atoms with Crippen LogP contribution in [0.1, 0.15) is 17.3 Å². The van der Waals surface area contributed by atoms with Gasteiger partial charge in [0.05, 0.1) is 19.4 Å². The zero-order valence-corrected chi connectivity index (χ0v) is 12.7. The van der Waals surface area contributed by atoms with Crippen molar-refractivity contribution < 1.29 is 14.3 Å². The van der Waals surface area contributed by atoms with E-state index in [4.69, 9.17) is 9.47 Å². The second kappa shape index (κ2) is 5.96. The predicted molar refractivity (Wildman–Crippen MR) is 83.8 cm³/mol. The number of ether oxygens (including phenoxy) is 2. The molecule has 0 radical (unpaired) electrons. The molecule has 23 heavy (non-hydrogen) atoms. The maximum Gasteiger partial charge on any atom is 0.345 e. The van der Waals surface area contributed by atoms with Gasteiger partial charge >= 0.3 is 5.97 Å². The minimum absolute atomic E-state index is 0.104. The fraction of sp³-hybridized carbons (Fsp3) is 0.188. The van der Waals surface area contributed by atoms with Crippen molar-refractivity contribution in [3.63, 3.8) is 0 Å². The molecule has 7 heteroatoms. The molecule has 1 aromatic carbocycles. The van der Waals surface area contributed by atoms with E-state index in [0.717, 1.165) is 11.3 Å². The van der Waals surface area contributed by atoms with Gasteiger partial charge in [0.15, 0.2) is 5.65 Å². The number of aromatic amines is 1. The third kappa shape index (κ3) is 2.68. The number of hydrogen-bond donors (Lipinski definition) is 1. The summed E-state index contributed by atoms with van der Waals surface area (Å²) < 4.78 is 11.2. The van der Waals surface area contributed by atoms with Crippen LogP contribution in [0.4, 0.5) is 0 Å². The van der Waals surface area contributed by atoms with E-state index in [9.17, 15) is 9.59 Å². The normalized spacial score (nSPS) is 10.7. The first-order valence-electron chi connectivity index (χ1n) is 7.06. The lowest BCUT2D eigenvalue weighted by Gasteiger charge is -2.01. The summed E-state index contributed by atoms with van der Waals surface area (Å²) >= 11 is 0. The van der Waals surface area contributed by atoms with E-state index in [1.54, 1.807) is 20.1 Å². The Morgan fingerprint density at radius 1 is 1.30 bits per heavy atom. The molecule has 0 spiro atoms. The van der Waals surface area contributed by atoms with Crippen molar-refractivity contribution in [3.05, 3.63) is 52.4 Å². The fourth-order valence-electron chi connectivity index (χ4n) is 2.23. The van der Waals surface area contributed by atoms with Crippen molar-refractivity contribution in [2.75, 3.05) is 13.7 Å². The van der Waals surface area contributed by atoms with Crippen LogP contribution in [0.5, 0.6) is 5.75 Å². The van der Waals surface area contributed by atoms with Crippen molar-refractivity contribution in [1.82, 2.24) is 14.6 Å². The van der Waals surface area contributed by atoms with E-state index < -0.39 is 11.5 Å². The van der Waals surface area contributed by atoms with Crippen molar-refractivity contribution in [1.29, 1.82) is 0 Å². The quantitative estimate of drug-likeness (QED) is 0.743. The van der Waals surface area contributed by atoms with Gasteiger partial charge in [-0.15, -0.1) is 0 Å². The van der Waals surface area contributed by atoms with Gasteiger partial charge in [-0.3, -0.25) is 9.89 Å². The fourth-order valence-corrected chi connectivity index (χ4v) is 2.23. The molecular formula is C16H15N3O4. The number of fused-ring (bicyclic) bond motifs is 1. The summed E-state index contributed by atoms with van der Waals surface area (Å²) in [6.07, 6.45) is 1.24. The number of nitrogens with zero attached hydrogens (tertiary/aromatic N) is 2. The Bertz CT molecular complexity index is 909. The highest BCUT2D eigenvalue weighted by Crippen LogP contribution is 2.21. The molecule has 118 valence electrons. The van der Waals surface area contributed by atoms with Gasteiger partial charge in [-0.1, -0.05) is 0 Å². The number of esters is 1. The number of hydrogen-bond acceptors (Lipinski definition) is 5. The number of nitrogens with one attached hydrogen (secondary N) is 1. The Kier molecular flexibility index (Phi) is 3.84. The van der Waals surface area contributed by atoms with Crippen LogP contribution >= 0.6 is 0 Å². The minimum atomic E-state index is -0.681. The number of carbonyl (C=O) groups excluding carboxylic acids is 1. The number of H-pyrrole nitrogens is 1. The monoisotopic (exact) mass is 313 g/mol. The van der Waals surface area contributed by atoms with Gasteiger partial charge in [0.25, 0.3) is 5.56 Å². The molecule has 0 aliphatic heterocycles. The molecule has 0 atom stereocenters. The Hall–Kier alpha value is -3.09. The molecule has 3 aromatic rings. The Balaban J connectivity index is 2.06. The maximum atomic E-state index is 12.4. The zero-order chi connectivity index (χ0) is 16.4. The number of methoxy groups -OCH3 is 1. The molecule has 2 aromatic heterocycles. The second-order valence-electron chi connectivity index (χ2n) is 4.79. The number of rotatable bonds is 4. The van der Waals surface area contributed by atoms with E-state index in [2.05, 4.69) is 10.1 Å². The van der Waals surface area contributed by atoms with Crippen LogP contribution in [0.25, 0.3) is 16.9 Å². The average Bonchev–Trinajstić information content (AvgIpc) is 3.00. The van der Waals surface area contributed by atoms with Crippen molar-refractivity contribution in [3.8, 4) is 17.0 Å². The third-order valence-electron chi connectivity index (χ3n) is 3.39. The van der Waals surface area contributed by atoms with Crippen molar-refractivity contribution in [2.24, 2.45) is 0 Å². The van der Waals surface area contributed by atoms with Gasteiger partial charge in [-0.2, -0.15) is 0 Å². The topological polar surface area (TPSA) is 85.7 Å². The molecular weight excluding hydrogens is 298 g/mol. The van der Waals surface area contributed by atoms with E-state index >= 15 is 0 Å². The number of aromatic nitrogens is 3. The van der Waals surface area contributed by atoms with Crippen LogP contribution in [0.3, 0.4) is 0 Å². The van der Waals surface area contributed by atoms with Gasteiger partial charge in [-0.25, -0.2) is 14.3 Å². The van der Waals surface area contributed by atoms with Crippen LogP contribution in [0, 0.1) is 0 Å². The third-order valence-corrected chi connectivity index (χ3v) is 3.39. The first-order valence-corrected chi connectivity index (χ1v) is 7.06. The molecule has 3 rings (SSSR count). The molecule has 0 aliphatic rings. The van der Waals surface area contributed by atoms with Gasteiger partial charge in [0.1, 0.15) is 11.3 Å². The van der Waals surface area contributed by atoms with Crippen LogP contribution in [-0.4, -0.2) is 34.3 Å². The molecule has 0 bridgehead atoms. The minimum Gasteiger partial charge on any atom is -0.497 e. The molecule has 0 saturated heterocycles. The largest absolute Gasteiger partial charge is 0.497 e. The summed E-state index contributed by atoms with van der Waals surface area (Å²) in [4.78, 5) is 28.2. The Morgan fingerprint density at radius 2 is 2.04 bits per heavy atom. The summed E-state index contributed by atoms with van der Waals surface area (Å²) in [7, 11) is 1.60. The lowest BCUT2D eigenvalue weighted by Crippen LogP contribution is -2.24. The molecule has 7 nitrogen and oxygen atoms in total. The van der Waals surface area contributed by atoms with Crippen LogP contribution < -0.4 is 10.3 Å². The molecule has 0 unspecified atom stereocenters. The maximum absolute atomic E-state index is 12.4. The lowest BCUT2D eigenvalue weighted by atomic mass is 10.1. The summed E-state index contributed by atoms with van der Waals surface area (Å²) in [6.45, 7) is 1.88. The molecule has 0 aliphatic carbocycles. The summed E-state index contributed by atoms with van der Waals surface area (Å²) in [6, 6.07) is 9.10. The van der Waals surface area contributed by atoms with Crippen LogP contribution in [0.15, 0.2) is 41.3 Å². The zero-order valence-electron chi connectivity index (χ0n) is 12.7. The Labute approximate surface area is 131 Å². The first-order chi connectivity index (χ1) is 11.1. The van der Waals surface area contributed by atoms with E-state index in [0.29, 0.717) is 11.3 Å². The molecule has 2 heterocycles. The highest BCUT2D eigenvalue weighted by molar-refractivity contribution is 5.88. The standard InChI is InChI=1S/C16H15N3O4/c1-3-23-16(21)12-9-17-14-8-13(18-19(14)15(12)20)10-4-6-11(22-2)7-5-10/h4-9,18H,3H2,1-2H3. The number of benzene rings is 1. The SMILES string of the molecule is CCOC(=O)c1cnc2cc(-c3ccc(OC)cc3)[nH]n2c1=O. The van der Waals surface area contributed by atoms with Gasteiger partial charge < -0.3 is 9.47 Å². The first kappa shape index (κ1) is 14.8. The number of carbonyl (C=O) groups is 1. The van der Waals surface area contributed by atoms with Gasteiger partial charge in [-0.05, 0) is 36.8 Å². The van der Waals surface area contributed by atoms with E-state index in [1.165, 1.54) is 10.7 Å². The van der Waals surface area contributed by atoms with E-state index in [1.807, 2.05) is 24.3 Å². The van der Waals surface area contributed by atoms with Crippen LogP contribution in [0.2, 0.25) is 0 Å². The summed E-state index contributed by atoms with van der Waals surface area (Å²) in [5.41, 5.74) is 1.40. The van der Waals surface area contributed by atoms with Gasteiger partial charge in [0.2, 0.25) is 0 Å². The Morgan fingerprint density at radius 3 is 2.70 bits per heavy atom.